The quantitative estimate of drug-likeness (QED) is 0.276. The van der Waals surface area contributed by atoms with Crippen molar-refractivity contribution in [3.05, 3.63) is 40.1 Å². The van der Waals surface area contributed by atoms with Crippen molar-refractivity contribution in [1.29, 1.82) is 0 Å². The number of fused-ring (bicyclic) bond motifs is 1. The third-order valence-electron chi connectivity index (χ3n) is 8.61. The van der Waals surface area contributed by atoms with Gasteiger partial charge in [-0.25, -0.2) is 19.7 Å². The third-order valence-corrected chi connectivity index (χ3v) is 10.2. The summed E-state index contributed by atoms with van der Waals surface area (Å²) in [5.74, 6) is 0.379. The van der Waals surface area contributed by atoms with Crippen molar-refractivity contribution in [2.24, 2.45) is 5.41 Å². The average Bonchev–Trinajstić information content (AvgIpc) is 3.51. The van der Waals surface area contributed by atoms with Gasteiger partial charge in [0.2, 0.25) is 0 Å². The van der Waals surface area contributed by atoms with Crippen molar-refractivity contribution in [2.45, 2.75) is 88.7 Å². The second kappa shape index (κ2) is 14.1. The number of aliphatic hydroxyl groups excluding tert-OH is 1. The van der Waals surface area contributed by atoms with Crippen LogP contribution in [0.25, 0.3) is 5.65 Å². The van der Waals surface area contributed by atoms with Gasteiger partial charge >= 0.3 is 6.09 Å². The van der Waals surface area contributed by atoms with E-state index in [1.807, 2.05) is 40.7 Å². The average molecular weight is 690 g/mol. The minimum atomic E-state index is -0.590. The second-order valence-electron chi connectivity index (χ2n) is 13.1. The minimum Gasteiger partial charge on any atom is -0.444 e. The van der Waals surface area contributed by atoms with Gasteiger partial charge in [-0.3, -0.25) is 9.20 Å². The molecule has 2 atom stereocenters. The molecule has 3 N–H and O–H groups in total. The molecule has 0 unspecified atom stereocenters. The summed E-state index contributed by atoms with van der Waals surface area (Å²) in [5.41, 5.74) is 1.77. The molecule has 0 radical (unpaired) electrons. The molecule has 0 aliphatic carbocycles. The van der Waals surface area contributed by atoms with Crippen molar-refractivity contribution in [3.8, 4) is 0 Å². The zero-order valence-corrected chi connectivity index (χ0v) is 29.5. The molecule has 3 aromatic rings. The minimum absolute atomic E-state index is 0.137. The number of hydrogen-bond acceptors (Lipinski definition) is 11. The molecule has 2 aliphatic rings. The first kappa shape index (κ1) is 35.1. The van der Waals surface area contributed by atoms with Crippen LogP contribution in [0, 0.1) is 19.3 Å². The zero-order valence-electron chi connectivity index (χ0n) is 28.0. The molecular weight excluding hydrogens is 646 g/mol. The van der Waals surface area contributed by atoms with Gasteiger partial charge in [0.15, 0.2) is 11.5 Å². The maximum absolute atomic E-state index is 12.8. The summed E-state index contributed by atoms with van der Waals surface area (Å²) in [6.07, 6.45) is 2.73. The molecule has 2 amide bonds. The summed E-state index contributed by atoms with van der Waals surface area (Å²) < 4.78 is 18.3. The van der Waals surface area contributed by atoms with E-state index >= 15 is 0 Å². The molecule has 5 rings (SSSR count). The van der Waals surface area contributed by atoms with Crippen molar-refractivity contribution >= 4 is 46.8 Å². The number of nitrogens with one attached hydrogen (secondary N) is 2. The highest BCUT2D eigenvalue weighted by Gasteiger charge is 2.50. The van der Waals surface area contributed by atoms with Crippen LogP contribution in [-0.4, -0.2) is 94.2 Å². The first-order chi connectivity index (χ1) is 22.3. The van der Waals surface area contributed by atoms with Crippen LogP contribution in [0.1, 0.15) is 68.1 Å². The summed E-state index contributed by atoms with van der Waals surface area (Å²) in [6.45, 7) is 13.5. The molecule has 0 aromatic carbocycles. The predicted molar refractivity (Wildman–Crippen MR) is 178 cm³/mol. The number of carbonyl (C=O) groups excluding carboxylic acids is 2. The first-order valence-corrected chi connectivity index (χ1v) is 16.9. The van der Waals surface area contributed by atoms with Crippen LogP contribution in [0.3, 0.4) is 0 Å². The Kier molecular flexibility index (Phi) is 10.6. The van der Waals surface area contributed by atoms with Gasteiger partial charge in [0.1, 0.15) is 22.0 Å². The topological polar surface area (TPSA) is 152 Å². The summed E-state index contributed by atoms with van der Waals surface area (Å²) in [7, 11) is 1.58. The van der Waals surface area contributed by atoms with Gasteiger partial charge in [0.05, 0.1) is 48.4 Å². The van der Waals surface area contributed by atoms with Gasteiger partial charge in [-0.05, 0) is 60.5 Å². The number of imidazole rings is 1. The van der Waals surface area contributed by atoms with E-state index in [9.17, 15) is 14.7 Å². The molecule has 0 saturated carbocycles. The van der Waals surface area contributed by atoms with Gasteiger partial charge in [-0.2, -0.15) is 0 Å². The molecule has 5 heterocycles. The lowest BCUT2D eigenvalue weighted by molar-refractivity contribution is 0.0434. The van der Waals surface area contributed by atoms with E-state index < -0.39 is 11.7 Å². The van der Waals surface area contributed by atoms with Crippen LogP contribution >= 0.6 is 23.4 Å². The number of hydrogen-bond donors (Lipinski definition) is 3. The van der Waals surface area contributed by atoms with Crippen LogP contribution < -0.4 is 15.5 Å². The molecule has 2 aliphatic heterocycles. The molecule has 47 heavy (non-hydrogen) atoms. The van der Waals surface area contributed by atoms with Crippen LogP contribution in [0.15, 0.2) is 22.2 Å². The lowest BCUT2D eigenvalue weighted by Gasteiger charge is -2.43. The summed E-state index contributed by atoms with van der Waals surface area (Å²) in [4.78, 5) is 42.6. The number of piperidine rings is 1. The number of nitrogens with zero attached hydrogens (tertiary/aromatic N) is 5. The van der Waals surface area contributed by atoms with Crippen LogP contribution in [0.2, 0.25) is 5.02 Å². The van der Waals surface area contributed by atoms with Gasteiger partial charge < -0.3 is 34.9 Å². The van der Waals surface area contributed by atoms with Crippen molar-refractivity contribution < 1.29 is 28.9 Å². The maximum Gasteiger partial charge on any atom is 0.407 e. The molecule has 2 saturated heterocycles. The van der Waals surface area contributed by atoms with E-state index in [-0.39, 0.29) is 30.1 Å². The number of aryl methyl sites for hydroxylation is 2. The lowest BCUT2D eigenvalue weighted by Crippen LogP contribution is -2.55. The molecule has 15 heteroatoms. The highest BCUT2D eigenvalue weighted by molar-refractivity contribution is 7.99. The number of rotatable bonds is 9. The molecule has 13 nitrogen and oxygen atoms in total. The van der Waals surface area contributed by atoms with E-state index in [0.717, 1.165) is 12.8 Å². The van der Waals surface area contributed by atoms with Crippen LogP contribution in [0.4, 0.5) is 10.6 Å². The Balaban J connectivity index is 1.32. The Hall–Kier alpha value is -3.17. The van der Waals surface area contributed by atoms with Gasteiger partial charge in [-0.1, -0.05) is 23.4 Å². The van der Waals surface area contributed by atoms with Gasteiger partial charge in [0, 0.05) is 43.3 Å². The number of methoxy groups -OCH3 is 1. The first-order valence-electron chi connectivity index (χ1n) is 15.7. The molecule has 256 valence electrons. The van der Waals surface area contributed by atoms with E-state index in [0.29, 0.717) is 82.0 Å². The highest BCUT2D eigenvalue weighted by atomic mass is 35.5. The molecular formula is C32H44ClN7O6S. The number of aromatic nitrogens is 4. The fourth-order valence-electron chi connectivity index (χ4n) is 6.26. The number of alkyl carbamates (subject to hydrolysis) is 1. The Morgan fingerprint density at radius 2 is 1.91 bits per heavy atom. The molecule has 1 spiro atoms. The van der Waals surface area contributed by atoms with E-state index in [4.69, 9.17) is 35.8 Å². The van der Waals surface area contributed by atoms with E-state index in [1.54, 1.807) is 24.6 Å². The number of amides is 2. The van der Waals surface area contributed by atoms with Crippen LogP contribution in [0.5, 0.6) is 0 Å². The number of ether oxygens (including phenoxy) is 3. The predicted octanol–water partition coefficient (Wildman–Crippen LogP) is 4.31. The summed E-state index contributed by atoms with van der Waals surface area (Å²) >= 11 is 8.16. The summed E-state index contributed by atoms with van der Waals surface area (Å²) in [5, 5.41) is 17.3. The Labute approximate surface area is 284 Å². The fourth-order valence-corrected chi connectivity index (χ4v) is 7.44. The van der Waals surface area contributed by atoms with Crippen LogP contribution in [-0.2, 0) is 20.8 Å². The number of pyridine rings is 1. The number of aliphatic hydroxyl groups is 1. The smallest absolute Gasteiger partial charge is 0.407 e. The number of halogens is 1. The second-order valence-corrected chi connectivity index (χ2v) is 14.5. The molecule has 0 bridgehead atoms. The standard InChI is InChI=1S/C32H44ClN7O6S/c1-18-24(28(42)34-11-15-44-7)40-12-8-22(23(33)27(40)35-18)47-29-19(2)36-26(21(16-41)37-29)39-13-9-32(10-14-39)17-45-20(3)25(32)38-30(43)46-31(4,5)6/h8,12,20,25,41H,9-11,13-17H2,1-7H3,(H,34,42)(H,38,43)/t20-,25+/m0/s1. The van der Waals surface area contributed by atoms with Crippen molar-refractivity contribution in [3.63, 3.8) is 0 Å². The van der Waals surface area contributed by atoms with Crippen molar-refractivity contribution in [1.82, 2.24) is 30.0 Å². The number of carbonyl (C=O) groups is 2. The van der Waals surface area contributed by atoms with Crippen molar-refractivity contribution in [2.75, 3.05) is 44.9 Å². The zero-order chi connectivity index (χ0) is 34.1. The Morgan fingerprint density at radius 3 is 2.57 bits per heavy atom. The fraction of sp³-hybridized carbons (Fsp3) is 0.594. The number of anilines is 1. The maximum atomic E-state index is 12.8. The molecule has 3 aromatic heterocycles. The molecule has 2 fully saturated rings. The Bertz CT molecular complexity index is 1640. The normalized spacial score (nSPS) is 19.4. The highest BCUT2D eigenvalue weighted by Crippen LogP contribution is 2.44. The monoisotopic (exact) mass is 689 g/mol. The van der Waals surface area contributed by atoms with E-state index in [2.05, 4.69) is 20.5 Å². The largest absolute Gasteiger partial charge is 0.444 e. The Morgan fingerprint density at radius 1 is 1.19 bits per heavy atom. The van der Waals surface area contributed by atoms with E-state index in [1.165, 1.54) is 11.8 Å². The summed E-state index contributed by atoms with van der Waals surface area (Å²) in [6, 6.07) is 1.64. The van der Waals surface area contributed by atoms with Gasteiger partial charge in [-0.15, -0.1) is 0 Å². The lowest BCUT2D eigenvalue weighted by atomic mass is 9.73. The third kappa shape index (κ3) is 7.46. The van der Waals surface area contributed by atoms with Gasteiger partial charge in [0.25, 0.3) is 5.91 Å². The SMILES string of the molecule is COCCNC(=O)c1c(C)nc2c(Cl)c(Sc3nc(CO)c(N4CCC5(CC4)CO[C@@H](C)[C@H]5NC(=O)OC(C)(C)C)nc3C)ccn12.